The third-order valence-electron chi connectivity index (χ3n) is 6.92. The number of benzene rings is 2. The summed E-state index contributed by atoms with van der Waals surface area (Å²) in [5, 5.41) is 0. The summed E-state index contributed by atoms with van der Waals surface area (Å²) in [5.41, 5.74) is 8.77. The molecular formula is C31H34N2O4. The highest BCUT2D eigenvalue weighted by atomic mass is 16.5. The van der Waals surface area contributed by atoms with Gasteiger partial charge in [0, 0.05) is 29.3 Å². The molecule has 1 aliphatic rings. The fourth-order valence-electron chi connectivity index (χ4n) is 5.10. The quantitative estimate of drug-likeness (QED) is 0.313. The van der Waals surface area contributed by atoms with Crippen molar-refractivity contribution in [2.24, 2.45) is 0 Å². The Morgan fingerprint density at radius 2 is 1.57 bits per heavy atom. The molecule has 2 aromatic carbocycles. The molecule has 0 fully saturated rings. The van der Waals surface area contributed by atoms with Crippen LogP contribution in [-0.4, -0.2) is 42.1 Å². The number of hydrogen-bond acceptors (Lipinski definition) is 4. The van der Waals surface area contributed by atoms with Crippen molar-refractivity contribution in [2.75, 3.05) is 20.8 Å². The molecular weight excluding hydrogens is 464 g/mol. The van der Waals surface area contributed by atoms with E-state index in [2.05, 4.69) is 42.7 Å². The molecule has 6 heteroatoms. The van der Waals surface area contributed by atoms with E-state index in [0.29, 0.717) is 29.8 Å². The summed E-state index contributed by atoms with van der Waals surface area (Å²) in [6, 6.07) is 16.3. The number of amides is 1. The first-order chi connectivity index (χ1) is 17.6. The normalized spacial score (nSPS) is 14.6. The topological polar surface area (TPSA) is 60.8 Å². The standard InChI is InChI=1S/C31H34N2O4/c1-19-14-20(2)16-26(15-19)33-21(3)17-25(22(33)4)18-28-29(31(35)37-7)23(5)32(30(28)34)13-12-24-8-10-27(36-6)11-9-24/h8-11,14-18H,12-13H2,1-7H3/b28-18-. The number of carbonyl (C=O) groups is 2. The van der Waals surface area contributed by atoms with E-state index in [-0.39, 0.29) is 5.91 Å². The number of methoxy groups -OCH3 is 2. The number of ether oxygens (including phenoxy) is 2. The Kier molecular flexibility index (Phi) is 7.39. The zero-order valence-corrected chi connectivity index (χ0v) is 22.6. The van der Waals surface area contributed by atoms with Gasteiger partial charge in [-0.05, 0) is 99.7 Å². The van der Waals surface area contributed by atoms with Crippen LogP contribution in [0.2, 0.25) is 0 Å². The van der Waals surface area contributed by atoms with Gasteiger partial charge < -0.3 is 18.9 Å². The van der Waals surface area contributed by atoms with E-state index < -0.39 is 5.97 Å². The zero-order chi connectivity index (χ0) is 26.9. The van der Waals surface area contributed by atoms with E-state index in [9.17, 15) is 9.59 Å². The van der Waals surface area contributed by atoms with Gasteiger partial charge in [0.05, 0.1) is 25.4 Å². The minimum atomic E-state index is -0.507. The molecule has 0 bridgehead atoms. The van der Waals surface area contributed by atoms with E-state index in [4.69, 9.17) is 9.47 Å². The third-order valence-corrected chi connectivity index (χ3v) is 6.92. The third kappa shape index (κ3) is 5.10. The molecule has 0 saturated heterocycles. The first-order valence-corrected chi connectivity index (χ1v) is 12.4. The van der Waals surface area contributed by atoms with E-state index in [1.54, 1.807) is 18.9 Å². The summed E-state index contributed by atoms with van der Waals surface area (Å²) < 4.78 is 12.5. The van der Waals surface area contributed by atoms with E-state index >= 15 is 0 Å². The van der Waals surface area contributed by atoms with Crippen LogP contribution in [0.1, 0.15) is 40.6 Å². The van der Waals surface area contributed by atoms with Gasteiger partial charge in [0.25, 0.3) is 5.91 Å². The Labute approximate surface area is 218 Å². The molecule has 3 aromatic rings. The minimum Gasteiger partial charge on any atom is -0.497 e. The minimum absolute atomic E-state index is 0.192. The van der Waals surface area contributed by atoms with Crippen molar-refractivity contribution in [1.82, 2.24) is 9.47 Å². The molecule has 1 amide bonds. The Morgan fingerprint density at radius 3 is 2.16 bits per heavy atom. The number of allylic oxidation sites excluding steroid dienone is 1. The van der Waals surface area contributed by atoms with Crippen LogP contribution < -0.4 is 4.74 Å². The fourth-order valence-corrected chi connectivity index (χ4v) is 5.10. The number of rotatable bonds is 7. The van der Waals surface area contributed by atoms with Crippen LogP contribution >= 0.6 is 0 Å². The molecule has 2 heterocycles. The lowest BCUT2D eigenvalue weighted by Gasteiger charge is -2.18. The number of nitrogens with zero attached hydrogens (tertiary/aromatic N) is 2. The summed E-state index contributed by atoms with van der Waals surface area (Å²) in [7, 11) is 2.98. The smallest absolute Gasteiger partial charge is 0.340 e. The number of esters is 1. The number of hydrogen-bond donors (Lipinski definition) is 0. The van der Waals surface area contributed by atoms with E-state index in [0.717, 1.165) is 34.0 Å². The number of carbonyl (C=O) groups excluding carboxylic acids is 2. The average Bonchev–Trinajstić information content (AvgIpc) is 3.27. The van der Waals surface area contributed by atoms with Crippen LogP contribution in [0.25, 0.3) is 11.8 Å². The van der Waals surface area contributed by atoms with Gasteiger partial charge in [-0.1, -0.05) is 18.2 Å². The van der Waals surface area contributed by atoms with Crippen molar-refractivity contribution in [3.8, 4) is 11.4 Å². The Bertz CT molecular complexity index is 1400. The van der Waals surface area contributed by atoms with Crippen molar-refractivity contribution in [3.05, 3.63) is 99.0 Å². The number of aryl methyl sites for hydroxylation is 3. The van der Waals surface area contributed by atoms with Gasteiger partial charge in [-0.25, -0.2) is 4.79 Å². The predicted octanol–water partition coefficient (Wildman–Crippen LogP) is 5.63. The summed E-state index contributed by atoms with van der Waals surface area (Å²) in [4.78, 5) is 28.1. The lowest BCUT2D eigenvalue weighted by atomic mass is 10.0. The first-order valence-electron chi connectivity index (χ1n) is 12.4. The maximum Gasteiger partial charge on any atom is 0.340 e. The molecule has 0 aliphatic carbocycles. The van der Waals surface area contributed by atoms with E-state index in [1.165, 1.54) is 18.2 Å². The molecule has 192 valence electrons. The maximum atomic E-state index is 13.6. The van der Waals surface area contributed by atoms with Crippen molar-refractivity contribution in [1.29, 1.82) is 0 Å². The van der Waals surface area contributed by atoms with Crippen molar-refractivity contribution >= 4 is 18.0 Å². The Hall–Kier alpha value is -4.06. The largest absolute Gasteiger partial charge is 0.497 e. The lowest BCUT2D eigenvalue weighted by Crippen LogP contribution is -2.27. The molecule has 0 unspecified atom stereocenters. The molecule has 6 nitrogen and oxygen atoms in total. The second kappa shape index (κ2) is 10.5. The highest BCUT2D eigenvalue weighted by molar-refractivity contribution is 6.16. The van der Waals surface area contributed by atoms with Crippen LogP contribution in [0.3, 0.4) is 0 Å². The summed E-state index contributed by atoms with van der Waals surface area (Å²) in [6.07, 6.45) is 2.48. The second-order valence-electron chi connectivity index (χ2n) is 9.57. The highest BCUT2D eigenvalue weighted by Gasteiger charge is 2.37. The molecule has 1 aliphatic heterocycles. The van der Waals surface area contributed by atoms with Crippen molar-refractivity contribution < 1.29 is 19.1 Å². The van der Waals surface area contributed by atoms with Gasteiger partial charge in [0.2, 0.25) is 0 Å². The molecule has 37 heavy (non-hydrogen) atoms. The molecule has 0 spiro atoms. The predicted molar refractivity (Wildman–Crippen MR) is 146 cm³/mol. The van der Waals surface area contributed by atoms with E-state index in [1.807, 2.05) is 44.2 Å². The van der Waals surface area contributed by atoms with Gasteiger partial charge in [0.1, 0.15) is 5.75 Å². The molecule has 4 rings (SSSR count). The van der Waals surface area contributed by atoms with Gasteiger partial charge in [-0.2, -0.15) is 0 Å². The monoisotopic (exact) mass is 498 g/mol. The van der Waals surface area contributed by atoms with Gasteiger partial charge >= 0.3 is 5.97 Å². The van der Waals surface area contributed by atoms with Crippen molar-refractivity contribution in [3.63, 3.8) is 0 Å². The summed E-state index contributed by atoms with van der Waals surface area (Å²) in [5.74, 6) is 0.0866. The first kappa shape index (κ1) is 26.0. The molecule has 0 radical (unpaired) electrons. The summed E-state index contributed by atoms with van der Waals surface area (Å²) >= 11 is 0. The SMILES string of the molecule is COC(=O)C1=C(C)N(CCc2ccc(OC)cc2)C(=O)/C1=C\c1cc(C)n(-c2cc(C)cc(C)c2)c1C. The van der Waals surface area contributed by atoms with Crippen LogP contribution in [0.15, 0.2) is 65.4 Å². The van der Waals surface area contributed by atoms with Gasteiger partial charge in [-0.3, -0.25) is 4.79 Å². The van der Waals surface area contributed by atoms with Crippen molar-refractivity contribution in [2.45, 2.75) is 41.0 Å². The van der Waals surface area contributed by atoms with Crippen LogP contribution in [0.5, 0.6) is 5.75 Å². The molecule has 0 atom stereocenters. The average molecular weight is 499 g/mol. The van der Waals surface area contributed by atoms with Crippen LogP contribution in [0, 0.1) is 27.7 Å². The number of aromatic nitrogens is 1. The van der Waals surface area contributed by atoms with Gasteiger partial charge in [0.15, 0.2) is 0 Å². The summed E-state index contributed by atoms with van der Waals surface area (Å²) in [6.45, 7) is 10.5. The maximum absolute atomic E-state index is 13.6. The van der Waals surface area contributed by atoms with Crippen LogP contribution in [0.4, 0.5) is 0 Å². The lowest BCUT2D eigenvalue weighted by molar-refractivity contribution is -0.136. The second-order valence-corrected chi connectivity index (χ2v) is 9.57. The highest BCUT2D eigenvalue weighted by Crippen LogP contribution is 2.33. The van der Waals surface area contributed by atoms with Gasteiger partial charge in [-0.15, -0.1) is 0 Å². The zero-order valence-electron chi connectivity index (χ0n) is 22.6. The fraction of sp³-hybridized carbons (Fsp3) is 0.290. The Balaban J connectivity index is 1.70. The molecule has 0 saturated carbocycles. The van der Waals surface area contributed by atoms with Crippen LogP contribution in [-0.2, 0) is 20.7 Å². The molecule has 0 N–H and O–H groups in total. The Morgan fingerprint density at radius 1 is 0.919 bits per heavy atom. The molecule has 1 aromatic heterocycles.